The van der Waals surface area contributed by atoms with Gasteiger partial charge in [0, 0.05) is 35.1 Å². The summed E-state index contributed by atoms with van der Waals surface area (Å²) in [7, 11) is 0. The minimum absolute atomic E-state index is 0.217. The maximum Gasteiger partial charge on any atom is 0.255 e. The zero-order chi connectivity index (χ0) is 23.6. The predicted molar refractivity (Wildman–Crippen MR) is 130 cm³/mol. The second kappa shape index (κ2) is 12.0. The van der Waals surface area contributed by atoms with Gasteiger partial charge in [-0.1, -0.05) is 35.3 Å². The van der Waals surface area contributed by atoms with E-state index < -0.39 is 0 Å². The molecule has 1 heterocycles. The fourth-order valence-electron chi connectivity index (χ4n) is 2.78. The van der Waals surface area contributed by atoms with Gasteiger partial charge in [-0.25, -0.2) is 5.43 Å². The fraction of sp³-hybridized carbons (Fsp3) is 0.167. The molecule has 0 fully saturated rings. The number of rotatable bonds is 9. The molecule has 0 radical (unpaired) electrons. The average Bonchev–Trinajstić information content (AvgIpc) is 2.82. The highest BCUT2D eigenvalue weighted by atomic mass is 35.5. The lowest BCUT2D eigenvalue weighted by atomic mass is 10.1. The number of carbonyl (C=O) groups is 2. The van der Waals surface area contributed by atoms with Crippen molar-refractivity contribution in [3.63, 3.8) is 0 Å². The van der Waals surface area contributed by atoms with Gasteiger partial charge in [0.25, 0.3) is 5.91 Å². The van der Waals surface area contributed by atoms with E-state index in [4.69, 9.17) is 27.9 Å². The van der Waals surface area contributed by atoms with Crippen LogP contribution in [0.1, 0.15) is 35.7 Å². The van der Waals surface area contributed by atoms with Crippen LogP contribution < -0.4 is 15.5 Å². The molecule has 33 heavy (non-hydrogen) atoms. The molecule has 1 aromatic heterocycles. The summed E-state index contributed by atoms with van der Waals surface area (Å²) in [5, 5.41) is 7.92. The lowest BCUT2D eigenvalue weighted by Gasteiger charge is -2.08. The maximum atomic E-state index is 12.2. The average molecular weight is 485 g/mol. The molecule has 0 aliphatic heterocycles. The van der Waals surface area contributed by atoms with E-state index >= 15 is 0 Å². The summed E-state index contributed by atoms with van der Waals surface area (Å²) in [6.45, 7) is 2.13. The number of halogens is 2. The third kappa shape index (κ3) is 7.59. The first-order chi connectivity index (χ1) is 15.9. The van der Waals surface area contributed by atoms with Crippen molar-refractivity contribution in [3.05, 3.63) is 88.2 Å². The van der Waals surface area contributed by atoms with Crippen molar-refractivity contribution in [1.82, 2.24) is 10.4 Å². The summed E-state index contributed by atoms with van der Waals surface area (Å²) < 4.78 is 5.56. The first-order valence-corrected chi connectivity index (χ1v) is 10.9. The number of aromatic nitrogens is 1. The van der Waals surface area contributed by atoms with Crippen molar-refractivity contribution in [1.29, 1.82) is 0 Å². The molecule has 9 heteroatoms. The summed E-state index contributed by atoms with van der Waals surface area (Å²) >= 11 is 11.9. The molecule has 0 aliphatic carbocycles. The van der Waals surface area contributed by atoms with E-state index in [9.17, 15) is 9.59 Å². The summed E-state index contributed by atoms with van der Waals surface area (Å²) in [4.78, 5) is 28.1. The Balaban J connectivity index is 1.43. The quantitative estimate of drug-likeness (QED) is 0.243. The summed E-state index contributed by atoms with van der Waals surface area (Å²) in [6.07, 6.45) is 3.88. The minimum Gasteiger partial charge on any atom is -0.492 e. The summed E-state index contributed by atoms with van der Waals surface area (Å²) in [5.41, 5.74) is 5.17. The Morgan fingerprint density at radius 3 is 2.42 bits per heavy atom. The van der Waals surface area contributed by atoms with Crippen LogP contribution in [-0.4, -0.2) is 29.1 Å². The zero-order valence-corrected chi connectivity index (χ0v) is 19.4. The van der Waals surface area contributed by atoms with Crippen molar-refractivity contribution in [2.45, 2.75) is 19.8 Å². The topological polar surface area (TPSA) is 92.7 Å². The molecule has 0 atom stereocenters. The number of benzene rings is 2. The van der Waals surface area contributed by atoms with Gasteiger partial charge in [-0.2, -0.15) is 5.10 Å². The number of ether oxygens (including phenoxy) is 1. The SMILES string of the molecule is C/C(=N\NC(=O)CCCOc1ccc(Cl)cc1Cl)c1ccc(NC(=O)c2ccncc2)cc1. The van der Waals surface area contributed by atoms with Crippen LogP contribution in [0.2, 0.25) is 10.0 Å². The van der Waals surface area contributed by atoms with E-state index in [0.29, 0.717) is 45.8 Å². The van der Waals surface area contributed by atoms with Gasteiger partial charge in [-0.15, -0.1) is 0 Å². The minimum atomic E-state index is -0.221. The monoisotopic (exact) mass is 484 g/mol. The number of carbonyl (C=O) groups excluding carboxylic acids is 2. The van der Waals surface area contributed by atoms with Crippen LogP contribution in [-0.2, 0) is 4.79 Å². The highest BCUT2D eigenvalue weighted by Crippen LogP contribution is 2.27. The van der Waals surface area contributed by atoms with Gasteiger partial charge < -0.3 is 10.1 Å². The van der Waals surface area contributed by atoms with E-state index in [1.807, 2.05) is 12.1 Å². The van der Waals surface area contributed by atoms with Crippen molar-refractivity contribution in [3.8, 4) is 5.75 Å². The molecule has 0 bridgehead atoms. The van der Waals surface area contributed by atoms with Gasteiger partial charge in [0.05, 0.1) is 17.3 Å². The van der Waals surface area contributed by atoms with Crippen LogP contribution in [0, 0.1) is 0 Å². The molecule has 0 aliphatic rings. The van der Waals surface area contributed by atoms with Crippen molar-refractivity contribution in [2.24, 2.45) is 5.10 Å². The third-order valence-electron chi connectivity index (χ3n) is 4.55. The highest BCUT2D eigenvalue weighted by Gasteiger charge is 2.07. The molecule has 3 aromatic rings. The number of hydrogen-bond donors (Lipinski definition) is 2. The van der Waals surface area contributed by atoms with Crippen LogP contribution in [0.5, 0.6) is 5.75 Å². The Hall–Kier alpha value is -3.42. The fourth-order valence-corrected chi connectivity index (χ4v) is 3.24. The predicted octanol–water partition coefficient (Wildman–Crippen LogP) is 5.34. The second-order valence-electron chi connectivity index (χ2n) is 7.03. The summed E-state index contributed by atoms with van der Waals surface area (Å²) in [5.74, 6) is 0.0854. The standard InChI is InChI=1S/C24H22Cl2N4O3/c1-16(17-4-7-20(8-5-17)28-24(32)18-10-12-27-13-11-18)29-30-23(31)3-2-14-33-22-9-6-19(25)15-21(22)26/h4-13,15H,2-3,14H2,1H3,(H,28,32)(H,30,31)/b29-16+. The smallest absolute Gasteiger partial charge is 0.255 e. The molecule has 3 rings (SSSR count). The van der Waals surface area contributed by atoms with E-state index in [-0.39, 0.29) is 18.2 Å². The molecule has 170 valence electrons. The molecular formula is C24H22Cl2N4O3. The number of amides is 2. The van der Waals surface area contributed by atoms with E-state index in [1.165, 1.54) is 0 Å². The Kier molecular flexibility index (Phi) is 8.80. The van der Waals surface area contributed by atoms with Crippen molar-refractivity contribution < 1.29 is 14.3 Å². The number of pyridine rings is 1. The van der Waals surface area contributed by atoms with Gasteiger partial charge in [0.15, 0.2) is 0 Å². The lowest BCUT2D eigenvalue weighted by Crippen LogP contribution is -2.19. The highest BCUT2D eigenvalue weighted by molar-refractivity contribution is 6.35. The zero-order valence-electron chi connectivity index (χ0n) is 17.8. The first-order valence-electron chi connectivity index (χ1n) is 10.1. The first kappa shape index (κ1) is 24.2. The van der Waals surface area contributed by atoms with Gasteiger partial charge >= 0.3 is 0 Å². The summed E-state index contributed by atoms with van der Waals surface area (Å²) in [6, 6.07) is 15.4. The molecular weight excluding hydrogens is 463 g/mol. The van der Waals surface area contributed by atoms with Gasteiger partial charge in [0.1, 0.15) is 5.75 Å². The van der Waals surface area contributed by atoms with E-state index in [1.54, 1.807) is 61.8 Å². The Bertz CT molecular complexity index is 1140. The number of nitrogens with zero attached hydrogens (tertiary/aromatic N) is 2. The van der Waals surface area contributed by atoms with Crippen LogP contribution in [0.15, 0.2) is 72.1 Å². The number of anilines is 1. The van der Waals surface area contributed by atoms with Gasteiger partial charge in [-0.3, -0.25) is 14.6 Å². The lowest BCUT2D eigenvalue weighted by molar-refractivity contribution is -0.121. The Morgan fingerprint density at radius 1 is 1.00 bits per heavy atom. The molecule has 7 nitrogen and oxygen atoms in total. The molecule has 2 N–H and O–H groups in total. The van der Waals surface area contributed by atoms with Crippen LogP contribution in [0.4, 0.5) is 5.69 Å². The van der Waals surface area contributed by atoms with Crippen molar-refractivity contribution >= 4 is 46.4 Å². The van der Waals surface area contributed by atoms with Crippen LogP contribution in [0.25, 0.3) is 0 Å². The Labute approximate surface area is 201 Å². The number of hydrogen-bond acceptors (Lipinski definition) is 5. The molecule has 2 amide bonds. The van der Waals surface area contributed by atoms with E-state index in [0.717, 1.165) is 5.56 Å². The molecule has 0 saturated heterocycles. The largest absolute Gasteiger partial charge is 0.492 e. The molecule has 0 unspecified atom stereocenters. The maximum absolute atomic E-state index is 12.2. The number of nitrogens with one attached hydrogen (secondary N) is 2. The van der Waals surface area contributed by atoms with Gasteiger partial charge in [-0.05, 0) is 61.4 Å². The second-order valence-corrected chi connectivity index (χ2v) is 7.87. The number of hydrazone groups is 1. The van der Waals surface area contributed by atoms with Gasteiger partial charge in [0.2, 0.25) is 5.91 Å². The molecule has 0 saturated carbocycles. The van der Waals surface area contributed by atoms with Crippen LogP contribution >= 0.6 is 23.2 Å². The molecule has 2 aromatic carbocycles. The van der Waals surface area contributed by atoms with E-state index in [2.05, 4.69) is 20.8 Å². The third-order valence-corrected chi connectivity index (χ3v) is 5.08. The Morgan fingerprint density at radius 2 is 1.73 bits per heavy atom. The van der Waals surface area contributed by atoms with Crippen LogP contribution in [0.3, 0.4) is 0 Å². The molecule has 0 spiro atoms. The normalized spacial score (nSPS) is 11.1. The van der Waals surface area contributed by atoms with Crippen molar-refractivity contribution in [2.75, 3.05) is 11.9 Å².